The van der Waals surface area contributed by atoms with Crippen LogP contribution in [0.15, 0.2) is 40.7 Å². The lowest BCUT2D eigenvalue weighted by Crippen LogP contribution is -2.38. The molecule has 152 valence electrons. The Bertz CT molecular complexity index is 909. The Morgan fingerprint density at radius 1 is 1.29 bits per heavy atom. The molecule has 1 aromatic carbocycles. The van der Waals surface area contributed by atoms with Crippen LogP contribution in [0.25, 0.3) is 10.1 Å². The largest absolute Gasteiger partial charge is 0.434 e. The standard InChI is InChI=1S/C17H17F3N4OS2.HI/c1-21-16(23-8-15-24-14(9-26-15)17(18,19)20)22-7-11(25)13-6-10-4-2-3-5-12(10)27-13;/h2-6,9,11,25H,7-8H2,1H3,(H2,21,22,23);1H. The molecule has 2 aromatic heterocycles. The molecule has 0 aliphatic heterocycles. The summed E-state index contributed by atoms with van der Waals surface area (Å²) >= 11 is 2.44. The lowest BCUT2D eigenvalue weighted by molar-refractivity contribution is -0.140. The van der Waals surface area contributed by atoms with E-state index in [9.17, 15) is 18.3 Å². The Kier molecular flexibility index (Phi) is 8.04. The van der Waals surface area contributed by atoms with Crippen LogP contribution in [-0.2, 0) is 12.7 Å². The maximum Gasteiger partial charge on any atom is 0.434 e. The summed E-state index contributed by atoms with van der Waals surface area (Å²) in [6.07, 6.45) is -5.17. The van der Waals surface area contributed by atoms with Gasteiger partial charge >= 0.3 is 6.18 Å². The molecular weight excluding hydrogens is 524 g/mol. The zero-order valence-electron chi connectivity index (χ0n) is 14.7. The number of hydrogen-bond donors (Lipinski definition) is 3. The van der Waals surface area contributed by atoms with Gasteiger partial charge in [0.2, 0.25) is 0 Å². The monoisotopic (exact) mass is 542 g/mol. The number of aromatic nitrogens is 1. The van der Waals surface area contributed by atoms with Crippen molar-refractivity contribution < 1.29 is 18.3 Å². The molecule has 3 N–H and O–H groups in total. The van der Waals surface area contributed by atoms with E-state index in [1.54, 1.807) is 7.05 Å². The first-order chi connectivity index (χ1) is 12.9. The van der Waals surface area contributed by atoms with E-state index >= 15 is 0 Å². The van der Waals surface area contributed by atoms with E-state index in [1.807, 2.05) is 30.3 Å². The Morgan fingerprint density at radius 2 is 2.04 bits per heavy atom. The lowest BCUT2D eigenvalue weighted by atomic mass is 10.2. The van der Waals surface area contributed by atoms with Gasteiger partial charge in [0.1, 0.15) is 11.1 Å². The molecule has 28 heavy (non-hydrogen) atoms. The number of rotatable bonds is 5. The number of fused-ring (bicyclic) bond motifs is 1. The van der Waals surface area contributed by atoms with Crippen molar-refractivity contribution in [2.75, 3.05) is 13.6 Å². The third kappa shape index (κ3) is 5.78. The minimum Gasteiger partial charge on any atom is -0.386 e. The van der Waals surface area contributed by atoms with Gasteiger partial charge in [-0.1, -0.05) is 18.2 Å². The molecule has 2 heterocycles. The Morgan fingerprint density at radius 3 is 2.68 bits per heavy atom. The van der Waals surface area contributed by atoms with Gasteiger partial charge in [-0.15, -0.1) is 46.7 Å². The zero-order valence-corrected chi connectivity index (χ0v) is 18.6. The molecule has 0 saturated carbocycles. The molecule has 5 nitrogen and oxygen atoms in total. The van der Waals surface area contributed by atoms with Crippen LogP contribution in [-0.4, -0.2) is 29.6 Å². The summed E-state index contributed by atoms with van der Waals surface area (Å²) in [5.41, 5.74) is -0.896. The number of nitrogens with one attached hydrogen (secondary N) is 2. The summed E-state index contributed by atoms with van der Waals surface area (Å²) in [6, 6.07) is 9.81. The molecule has 3 rings (SSSR count). The van der Waals surface area contributed by atoms with Crippen LogP contribution in [0, 0.1) is 0 Å². The van der Waals surface area contributed by atoms with Gasteiger partial charge < -0.3 is 15.7 Å². The van der Waals surface area contributed by atoms with Crippen molar-refractivity contribution >= 4 is 62.7 Å². The highest BCUT2D eigenvalue weighted by Crippen LogP contribution is 2.30. The van der Waals surface area contributed by atoms with Crippen LogP contribution >= 0.6 is 46.7 Å². The molecule has 1 unspecified atom stereocenters. The van der Waals surface area contributed by atoms with Crippen molar-refractivity contribution in [3.05, 3.63) is 51.3 Å². The van der Waals surface area contributed by atoms with E-state index in [0.717, 1.165) is 31.7 Å². The molecule has 11 heteroatoms. The minimum atomic E-state index is -4.44. The lowest BCUT2D eigenvalue weighted by Gasteiger charge is -2.14. The van der Waals surface area contributed by atoms with Gasteiger partial charge in [0.25, 0.3) is 0 Å². The molecular formula is C17H18F3IN4OS2. The number of guanidine groups is 1. The average molecular weight is 542 g/mol. The minimum absolute atomic E-state index is 0. The molecule has 0 aliphatic rings. The van der Waals surface area contributed by atoms with E-state index < -0.39 is 18.0 Å². The molecule has 0 amide bonds. The topological polar surface area (TPSA) is 69.5 Å². The van der Waals surface area contributed by atoms with Crippen LogP contribution in [0.4, 0.5) is 13.2 Å². The Hall–Kier alpha value is -1.44. The second-order valence-corrected chi connectivity index (χ2v) is 7.69. The predicted octanol–water partition coefficient (Wildman–Crippen LogP) is 4.39. The predicted molar refractivity (Wildman–Crippen MR) is 118 cm³/mol. The van der Waals surface area contributed by atoms with Gasteiger partial charge in [0.15, 0.2) is 11.7 Å². The quantitative estimate of drug-likeness (QED) is 0.254. The Labute approximate surface area is 184 Å². The second-order valence-electron chi connectivity index (χ2n) is 5.63. The van der Waals surface area contributed by atoms with Crippen molar-refractivity contribution in [3.8, 4) is 0 Å². The highest BCUT2D eigenvalue weighted by molar-refractivity contribution is 14.0. The SMILES string of the molecule is CN=C(NCc1nc(C(F)(F)F)cs1)NCC(O)c1cc2ccccc2s1.I. The molecule has 3 aromatic rings. The van der Waals surface area contributed by atoms with Crippen LogP contribution in [0.1, 0.15) is 21.7 Å². The van der Waals surface area contributed by atoms with Crippen molar-refractivity contribution in [1.29, 1.82) is 0 Å². The third-order valence-electron chi connectivity index (χ3n) is 3.71. The first-order valence-corrected chi connectivity index (χ1v) is 9.69. The molecule has 0 spiro atoms. The average Bonchev–Trinajstić information content (AvgIpc) is 3.28. The third-order valence-corrected chi connectivity index (χ3v) is 5.77. The van der Waals surface area contributed by atoms with Crippen LogP contribution in [0.5, 0.6) is 0 Å². The molecule has 0 bridgehead atoms. The first-order valence-electron chi connectivity index (χ1n) is 7.99. The van der Waals surface area contributed by atoms with Crippen LogP contribution in [0.3, 0.4) is 0 Å². The van der Waals surface area contributed by atoms with Crippen LogP contribution < -0.4 is 10.6 Å². The van der Waals surface area contributed by atoms with E-state index in [-0.39, 0.29) is 37.1 Å². The van der Waals surface area contributed by atoms with Crippen molar-refractivity contribution in [2.24, 2.45) is 4.99 Å². The highest BCUT2D eigenvalue weighted by Gasteiger charge is 2.33. The number of aliphatic hydroxyl groups excluding tert-OH is 1. The molecule has 0 fully saturated rings. The first kappa shape index (κ1) is 22.8. The maximum atomic E-state index is 12.6. The van der Waals surface area contributed by atoms with E-state index in [2.05, 4.69) is 20.6 Å². The number of nitrogens with zero attached hydrogens (tertiary/aromatic N) is 2. The molecule has 0 aliphatic carbocycles. The van der Waals surface area contributed by atoms with Crippen molar-refractivity contribution in [3.63, 3.8) is 0 Å². The fourth-order valence-corrected chi connectivity index (χ4v) is 4.15. The van der Waals surface area contributed by atoms with Gasteiger partial charge in [0.05, 0.1) is 6.54 Å². The van der Waals surface area contributed by atoms with E-state index in [0.29, 0.717) is 11.0 Å². The summed E-state index contributed by atoms with van der Waals surface area (Å²) in [7, 11) is 1.55. The number of alkyl halides is 3. The summed E-state index contributed by atoms with van der Waals surface area (Å²) in [5.74, 6) is 0.374. The number of aliphatic imine (C=N–C) groups is 1. The Balaban J connectivity index is 0.00000280. The molecule has 0 saturated heterocycles. The van der Waals surface area contributed by atoms with Crippen molar-refractivity contribution in [1.82, 2.24) is 15.6 Å². The number of benzene rings is 1. The number of thiophene rings is 1. The highest BCUT2D eigenvalue weighted by atomic mass is 127. The van der Waals surface area contributed by atoms with Gasteiger partial charge in [0, 0.05) is 28.5 Å². The molecule has 1 atom stereocenters. The van der Waals surface area contributed by atoms with E-state index in [1.165, 1.54) is 11.3 Å². The van der Waals surface area contributed by atoms with Gasteiger partial charge in [-0.3, -0.25) is 4.99 Å². The number of halogens is 4. The van der Waals surface area contributed by atoms with Gasteiger partial charge in [-0.25, -0.2) is 4.98 Å². The smallest absolute Gasteiger partial charge is 0.386 e. The number of aliphatic hydroxyl groups is 1. The summed E-state index contributed by atoms with van der Waals surface area (Å²) in [5, 5.41) is 18.6. The van der Waals surface area contributed by atoms with E-state index in [4.69, 9.17) is 0 Å². The van der Waals surface area contributed by atoms with Gasteiger partial charge in [-0.05, 0) is 17.5 Å². The summed E-state index contributed by atoms with van der Waals surface area (Å²) in [4.78, 5) is 8.39. The second kappa shape index (κ2) is 9.85. The van der Waals surface area contributed by atoms with Crippen LogP contribution in [0.2, 0.25) is 0 Å². The summed E-state index contributed by atoms with van der Waals surface area (Å²) < 4.78 is 38.8. The zero-order chi connectivity index (χ0) is 19.4. The van der Waals surface area contributed by atoms with Gasteiger partial charge in [-0.2, -0.15) is 13.2 Å². The molecule has 0 radical (unpaired) electrons. The van der Waals surface area contributed by atoms with Crippen molar-refractivity contribution in [2.45, 2.75) is 18.8 Å². The fraction of sp³-hybridized carbons (Fsp3) is 0.294. The number of thiazole rings is 1. The maximum absolute atomic E-state index is 12.6. The fourth-order valence-electron chi connectivity index (χ4n) is 2.36. The normalized spacial score (nSPS) is 13.2. The summed E-state index contributed by atoms with van der Waals surface area (Å²) in [6.45, 7) is 0.331. The number of hydrogen-bond acceptors (Lipinski definition) is 5.